The highest BCUT2D eigenvalue weighted by molar-refractivity contribution is 8.01. The number of hydrogen-bond donors (Lipinski definition) is 0. The fraction of sp³-hybridized carbons (Fsp3) is 0.562. The molecule has 1 saturated carbocycles. The van der Waals surface area contributed by atoms with Crippen LogP contribution < -0.4 is 0 Å². The first-order valence-corrected chi connectivity index (χ1v) is 8.02. The highest BCUT2D eigenvalue weighted by atomic mass is 32.2. The molecule has 1 fully saturated rings. The third kappa shape index (κ3) is 4.51. The molecule has 2 rings (SSSR count). The van der Waals surface area contributed by atoms with Gasteiger partial charge in [-0.1, -0.05) is 39.0 Å². The van der Waals surface area contributed by atoms with E-state index >= 15 is 0 Å². The summed E-state index contributed by atoms with van der Waals surface area (Å²) in [6.07, 6.45) is 2.08. The van der Waals surface area contributed by atoms with Crippen molar-refractivity contribution in [1.29, 1.82) is 0 Å². The summed E-state index contributed by atoms with van der Waals surface area (Å²) in [4.78, 5) is 14.2. The third-order valence-electron chi connectivity index (χ3n) is 3.24. The third-order valence-corrected chi connectivity index (χ3v) is 4.49. The van der Waals surface area contributed by atoms with E-state index in [4.69, 9.17) is 0 Å². The van der Waals surface area contributed by atoms with Crippen LogP contribution in [0, 0.1) is 5.82 Å². The molecule has 1 aliphatic carbocycles. The molecule has 0 aromatic heterocycles. The van der Waals surface area contributed by atoms with Crippen molar-refractivity contribution >= 4 is 17.7 Å². The van der Waals surface area contributed by atoms with E-state index in [1.807, 2.05) is 11.0 Å². The second-order valence-corrected chi connectivity index (χ2v) is 8.05. The Bertz CT molecular complexity index is 480. The van der Waals surface area contributed by atoms with Gasteiger partial charge in [0.1, 0.15) is 5.82 Å². The lowest BCUT2D eigenvalue weighted by Gasteiger charge is -2.25. The molecule has 1 amide bonds. The van der Waals surface area contributed by atoms with Gasteiger partial charge in [-0.15, -0.1) is 11.8 Å². The van der Waals surface area contributed by atoms with Crippen LogP contribution in [0.15, 0.2) is 24.3 Å². The van der Waals surface area contributed by atoms with Crippen LogP contribution in [0.4, 0.5) is 4.39 Å². The number of thioether (sulfide) groups is 1. The number of carbonyl (C=O) groups is 1. The summed E-state index contributed by atoms with van der Waals surface area (Å²) in [5, 5.41) is 0. The molecule has 0 atom stereocenters. The van der Waals surface area contributed by atoms with Gasteiger partial charge in [0, 0.05) is 22.9 Å². The van der Waals surface area contributed by atoms with Crippen molar-refractivity contribution in [2.75, 3.05) is 5.75 Å². The predicted molar refractivity (Wildman–Crippen MR) is 82.2 cm³/mol. The number of carbonyl (C=O) groups excluding carboxylic acids is 1. The molecule has 0 saturated heterocycles. The molecule has 1 aromatic carbocycles. The molecule has 0 bridgehead atoms. The van der Waals surface area contributed by atoms with Crippen LogP contribution in [0.5, 0.6) is 0 Å². The summed E-state index contributed by atoms with van der Waals surface area (Å²) < 4.78 is 13.8. The van der Waals surface area contributed by atoms with Crippen molar-refractivity contribution in [3.63, 3.8) is 0 Å². The number of benzene rings is 1. The van der Waals surface area contributed by atoms with E-state index in [-0.39, 0.29) is 16.5 Å². The fourth-order valence-electron chi connectivity index (χ4n) is 1.98. The van der Waals surface area contributed by atoms with Gasteiger partial charge in [0.15, 0.2) is 0 Å². The number of hydrogen-bond acceptors (Lipinski definition) is 2. The second-order valence-electron chi connectivity index (χ2n) is 6.25. The van der Waals surface area contributed by atoms with Gasteiger partial charge in [-0.2, -0.15) is 0 Å². The van der Waals surface area contributed by atoms with Crippen molar-refractivity contribution in [2.24, 2.45) is 0 Å². The number of nitrogens with zero attached hydrogens (tertiary/aromatic N) is 1. The Labute approximate surface area is 124 Å². The molecule has 2 nitrogen and oxygen atoms in total. The first kappa shape index (κ1) is 15.4. The van der Waals surface area contributed by atoms with Crippen molar-refractivity contribution in [3.05, 3.63) is 35.6 Å². The lowest BCUT2D eigenvalue weighted by atomic mass is 10.2. The van der Waals surface area contributed by atoms with Gasteiger partial charge in [0.25, 0.3) is 0 Å². The fourth-order valence-corrected chi connectivity index (χ4v) is 2.70. The molecule has 0 heterocycles. The van der Waals surface area contributed by atoms with Gasteiger partial charge in [-0.25, -0.2) is 4.39 Å². The first-order chi connectivity index (χ1) is 9.37. The average molecular weight is 295 g/mol. The molecule has 4 heteroatoms. The zero-order chi connectivity index (χ0) is 14.8. The molecule has 1 aliphatic rings. The Morgan fingerprint density at radius 3 is 2.55 bits per heavy atom. The molecule has 1 aromatic rings. The molecule has 0 aliphatic heterocycles. The molecule has 110 valence electrons. The SMILES string of the molecule is CC(C)(C)SCC(=O)N(Cc1ccccc1F)C1CC1. The van der Waals surface area contributed by atoms with Crippen molar-refractivity contribution in [3.8, 4) is 0 Å². The molecular formula is C16H22FNOS. The van der Waals surface area contributed by atoms with Crippen molar-refractivity contribution < 1.29 is 9.18 Å². The summed E-state index contributed by atoms with van der Waals surface area (Å²) in [5.41, 5.74) is 0.605. The van der Waals surface area contributed by atoms with Gasteiger partial charge in [0.05, 0.1) is 5.75 Å². The quantitative estimate of drug-likeness (QED) is 0.822. The highest BCUT2D eigenvalue weighted by Crippen LogP contribution is 2.31. The maximum absolute atomic E-state index is 13.7. The van der Waals surface area contributed by atoms with Gasteiger partial charge in [-0.3, -0.25) is 4.79 Å². The Morgan fingerprint density at radius 2 is 2.00 bits per heavy atom. The van der Waals surface area contributed by atoms with E-state index in [2.05, 4.69) is 20.8 Å². The maximum Gasteiger partial charge on any atom is 0.233 e. The molecular weight excluding hydrogens is 273 g/mol. The summed E-state index contributed by atoms with van der Waals surface area (Å²) in [6, 6.07) is 7.02. The van der Waals surface area contributed by atoms with Crippen LogP contribution in [0.2, 0.25) is 0 Å². The van der Waals surface area contributed by atoms with Crippen LogP contribution in [0.1, 0.15) is 39.2 Å². The molecule has 0 unspecified atom stereocenters. The normalized spacial score (nSPS) is 15.2. The minimum atomic E-state index is -0.227. The van der Waals surface area contributed by atoms with E-state index < -0.39 is 0 Å². The highest BCUT2D eigenvalue weighted by Gasteiger charge is 2.33. The van der Waals surface area contributed by atoms with Gasteiger partial charge in [0.2, 0.25) is 5.91 Å². The van der Waals surface area contributed by atoms with E-state index in [0.717, 1.165) is 12.8 Å². The van der Waals surface area contributed by atoms with Gasteiger partial charge >= 0.3 is 0 Å². The summed E-state index contributed by atoms with van der Waals surface area (Å²) in [6.45, 7) is 6.69. The Hall–Kier alpha value is -1.03. The maximum atomic E-state index is 13.7. The topological polar surface area (TPSA) is 20.3 Å². The van der Waals surface area contributed by atoms with Crippen LogP contribution >= 0.6 is 11.8 Å². The van der Waals surface area contributed by atoms with E-state index in [1.165, 1.54) is 6.07 Å². The smallest absolute Gasteiger partial charge is 0.233 e. The average Bonchev–Trinajstić information content (AvgIpc) is 3.18. The van der Waals surface area contributed by atoms with Crippen LogP contribution in [0.3, 0.4) is 0 Å². The molecule has 0 spiro atoms. The Kier molecular flexibility index (Phi) is 4.74. The lowest BCUT2D eigenvalue weighted by Crippen LogP contribution is -2.35. The van der Waals surface area contributed by atoms with E-state index in [0.29, 0.717) is 23.9 Å². The minimum absolute atomic E-state index is 0.0723. The zero-order valence-corrected chi connectivity index (χ0v) is 13.2. The van der Waals surface area contributed by atoms with Crippen LogP contribution in [0.25, 0.3) is 0 Å². The van der Waals surface area contributed by atoms with Gasteiger partial charge < -0.3 is 4.90 Å². The zero-order valence-electron chi connectivity index (χ0n) is 12.4. The minimum Gasteiger partial charge on any atom is -0.335 e. The van der Waals surface area contributed by atoms with Crippen LogP contribution in [-0.2, 0) is 11.3 Å². The first-order valence-electron chi connectivity index (χ1n) is 7.03. The Morgan fingerprint density at radius 1 is 1.35 bits per heavy atom. The van der Waals surface area contributed by atoms with Crippen LogP contribution in [-0.4, -0.2) is 27.3 Å². The van der Waals surface area contributed by atoms with Crippen molar-refractivity contribution in [2.45, 2.75) is 50.9 Å². The summed E-state index contributed by atoms with van der Waals surface area (Å²) in [5.74, 6) is 0.360. The van der Waals surface area contributed by atoms with Crippen molar-refractivity contribution in [1.82, 2.24) is 4.90 Å². The molecule has 20 heavy (non-hydrogen) atoms. The molecule has 0 N–H and O–H groups in total. The number of amides is 1. The summed E-state index contributed by atoms with van der Waals surface area (Å²) >= 11 is 1.64. The number of halogens is 1. The van der Waals surface area contributed by atoms with E-state index in [9.17, 15) is 9.18 Å². The summed E-state index contributed by atoms with van der Waals surface area (Å²) in [7, 11) is 0. The molecule has 0 radical (unpaired) electrons. The van der Waals surface area contributed by atoms with Gasteiger partial charge in [-0.05, 0) is 18.9 Å². The number of rotatable bonds is 5. The standard InChI is InChI=1S/C16H22FNOS/c1-16(2,3)20-11-15(19)18(13-8-9-13)10-12-6-4-5-7-14(12)17/h4-7,13H,8-11H2,1-3H3. The largest absolute Gasteiger partial charge is 0.335 e. The Balaban J connectivity index is 2.01. The predicted octanol–water partition coefficient (Wildman–Crippen LogP) is 3.85. The second kappa shape index (κ2) is 6.17. The monoisotopic (exact) mass is 295 g/mol. The van der Waals surface area contributed by atoms with E-state index in [1.54, 1.807) is 23.9 Å². The lowest BCUT2D eigenvalue weighted by molar-refractivity contribution is -0.129.